The summed E-state index contributed by atoms with van der Waals surface area (Å²) in [5.41, 5.74) is 3.00. The van der Waals surface area contributed by atoms with Gasteiger partial charge in [0.1, 0.15) is 6.04 Å². The number of carbonyl (C=O) groups is 2. The summed E-state index contributed by atoms with van der Waals surface area (Å²) in [5.74, 6) is 1.21. The molecule has 0 saturated heterocycles. The van der Waals surface area contributed by atoms with E-state index in [4.69, 9.17) is 9.47 Å². The SMILES string of the molecule is CCCCNC(=O)[C@H](Cc1ccccc1)N(Cc1ccccc1)C(=O)CCc1ccc(OCC)c(OCC)c1. The Morgan fingerprint density at radius 2 is 1.44 bits per heavy atom. The molecule has 0 spiro atoms. The van der Waals surface area contributed by atoms with Crippen molar-refractivity contribution in [2.45, 2.75) is 65.5 Å². The van der Waals surface area contributed by atoms with E-state index in [0.717, 1.165) is 29.5 Å². The molecule has 0 radical (unpaired) electrons. The van der Waals surface area contributed by atoms with Gasteiger partial charge in [0.05, 0.1) is 13.2 Å². The van der Waals surface area contributed by atoms with Crippen molar-refractivity contribution < 1.29 is 19.1 Å². The van der Waals surface area contributed by atoms with Gasteiger partial charge in [-0.1, -0.05) is 80.1 Å². The third kappa shape index (κ3) is 9.47. The molecule has 208 valence electrons. The van der Waals surface area contributed by atoms with Crippen LogP contribution in [0.3, 0.4) is 0 Å². The monoisotopic (exact) mass is 530 g/mol. The van der Waals surface area contributed by atoms with Crippen LogP contribution < -0.4 is 14.8 Å². The molecule has 1 atom stereocenters. The van der Waals surface area contributed by atoms with E-state index in [1.54, 1.807) is 4.90 Å². The van der Waals surface area contributed by atoms with Crippen molar-refractivity contribution in [1.82, 2.24) is 10.2 Å². The molecule has 0 fully saturated rings. The van der Waals surface area contributed by atoms with Crippen molar-refractivity contribution in [3.05, 3.63) is 95.6 Å². The summed E-state index contributed by atoms with van der Waals surface area (Å²) in [4.78, 5) is 29.1. The maximum atomic E-state index is 13.9. The van der Waals surface area contributed by atoms with Crippen LogP contribution in [-0.2, 0) is 29.0 Å². The first-order chi connectivity index (χ1) is 19.0. The molecule has 0 heterocycles. The summed E-state index contributed by atoms with van der Waals surface area (Å²) in [6.07, 6.45) is 3.15. The summed E-state index contributed by atoms with van der Waals surface area (Å²) in [6, 6.07) is 25.0. The quantitative estimate of drug-likeness (QED) is 0.232. The zero-order chi connectivity index (χ0) is 27.9. The molecule has 1 N–H and O–H groups in total. The molecule has 0 aromatic heterocycles. The van der Waals surface area contributed by atoms with Crippen molar-refractivity contribution in [2.75, 3.05) is 19.8 Å². The van der Waals surface area contributed by atoms with Gasteiger partial charge in [-0.2, -0.15) is 0 Å². The number of aryl methyl sites for hydroxylation is 1. The Labute approximate surface area is 233 Å². The molecule has 0 aliphatic heterocycles. The number of unbranched alkanes of at least 4 members (excludes halogenated alkanes) is 1. The second kappa shape index (κ2) is 16.2. The molecule has 0 bridgehead atoms. The Balaban J connectivity index is 1.85. The zero-order valence-electron chi connectivity index (χ0n) is 23.5. The number of nitrogens with one attached hydrogen (secondary N) is 1. The molecule has 3 aromatic rings. The van der Waals surface area contributed by atoms with Gasteiger partial charge in [0, 0.05) is 25.9 Å². The minimum absolute atomic E-state index is 0.0581. The standard InChI is InChI=1S/C33H42N2O4/c1-4-7-22-34-33(37)29(23-26-14-10-8-11-15-26)35(25-28-16-12-9-13-17-28)32(36)21-19-27-18-20-30(38-5-2)31(24-27)39-6-3/h8-18,20,24,29H,4-7,19,21-23,25H2,1-3H3,(H,34,37)/t29-/m0/s1. The maximum absolute atomic E-state index is 13.9. The van der Waals surface area contributed by atoms with Gasteiger partial charge in [-0.25, -0.2) is 0 Å². The number of amides is 2. The van der Waals surface area contributed by atoms with E-state index >= 15 is 0 Å². The first kappa shape index (κ1) is 29.8. The molecular formula is C33H42N2O4. The van der Waals surface area contributed by atoms with E-state index in [1.807, 2.05) is 92.7 Å². The van der Waals surface area contributed by atoms with Gasteiger partial charge in [-0.05, 0) is 55.5 Å². The summed E-state index contributed by atoms with van der Waals surface area (Å²) in [6.45, 7) is 8.01. The average molecular weight is 531 g/mol. The molecule has 6 nitrogen and oxygen atoms in total. The van der Waals surface area contributed by atoms with E-state index < -0.39 is 6.04 Å². The van der Waals surface area contributed by atoms with Gasteiger partial charge < -0.3 is 19.7 Å². The van der Waals surface area contributed by atoms with E-state index in [2.05, 4.69) is 12.2 Å². The third-order valence-corrected chi connectivity index (χ3v) is 6.53. The van der Waals surface area contributed by atoms with Crippen LogP contribution >= 0.6 is 0 Å². The van der Waals surface area contributed by atoms with Crippen LogP contribution in [0.4, 0.5) is 0 Å². The van der Waals surface area contributed by atoms with Crippen LogP contribution in [0, 0.1) is 0 Å². The fourth-order valence-corrected chi connectivity index (χ4v) is 4.49. The Morgan fingerprint density at radius 1 is 0.795 bits per heavy atom. The van der Waals surface area contributed by atoms with Gasteiger partial charge in [0.2, 0.25) is 11.8 Å². The predicted octanol–water partition coefficient (Wildman–Crippen LogP) is 5.97. The highest BCUT2D eigenvalue weighted by molar-refractivity contribution is 5.88. The van der Waals surface area contributed by atoms with Crippen molar-refractivity contribution >= 4 is 11.8 Å². The van der Waals surface area contributed by atoms with Crippen LogP contribution in [0.25, 0.3) is 0 Å². The summed E-state index contributed by atoms with van der Waals surface area (Å²) < 4.78 is 11.5. The number of carbonyl (C=O) groups excluding carboxylic acids is 2. The summed E-state index contributed by atoms with van der Waals surface area (Å²) >= 11 is 0. The van der Waals surface area contributed by atoms with E-state index in [0.29, 0.717) is 50.6 Å². The molecule has 2 amide bonds. The lowest BCUT2D eigenvalue weighted by molar-refractivity contribution is -0.141. The fourth-order valence-electron chi connectivity index (χ4n) is 4.49. The third-order valence-electron chi connectivity index (χ3n) is 6.53. The molecule has 3 aromatic carbocycles. The number of hydrogen-bond donors (Lipinski definition) is 1. The first-order valence-electron chi connectivity index (χ1n) is 14.1. The van der Waals surface area contributed by atoms with Crippen LogP contribution in [-0.4, -0.2) is 42.5 Å². The molecule has 3 rings (SSSR count). The Morgan fingerprint density at radius 3 is 2.08 bits per heavy atom. The number of benzene rings is 3. The van der Waals surface area contributed by atoms with Crippen molar-refractivity contribution in [3.8, 4) is 11.5 Å². The lowest BCUT2D eigenvalue weighted by atomic mass is 10.0. The first-order valence-corrected chi connectivity index (χ1v) is 14.1. The average Bonchev–Trinajstić information content (AvgIpc) is 2.96. The van der Waals surface area contributed by atoms with Crippen molar-refractivity contribution in [1.29, 1.82) is 0 Å². The Hall–Kier alpha value is -3.80. The molecule has 0 aliphatic carbocycles. The largest absolute Gasteiger partial charge is 0.490 e. The van der Waals surface area contributed by atoms with Crippen molar-refractivity contribution in [3.63, 3.8) is 0 Å². The maximum Gasteiger partial charge on any atom is 0.243 e. The zero-order valence-corrected chi connectivity index (χ0v) is 23.5. The van der Waals surface area contributed by atoms with Gasteiger partial charge in [0.25, 0.3) is 0 Å². The van der Waals surface area contributed by atoms with Gasteiger partial charge in [0.15, 0.2) is 11.5 Å². The summed E-state index contributed by atoms with van der Waals surface area (Å²) in [7, 11) is 0. The van der Waals surface area contributed by atoms with Gasteiger partial charge in [-0.15, -0.1) is 0 Å². The number of hydrogen-bond acceptors (Lipinski definition) is 4. The lowest BCUT2D eigenvalue weighted by Crippen LogP contribution is -2.50. The number of nitrogens with zero attached hydrogens (tertiary/aromatic N) is 1. The van der Waals surface area contributed by atoms with Crippen molar-refractivity contribution in [2.24, 2.45) is 0 Å². The lowest BCUT2D eigenvalue weighted by Gasteiger charge is -2.31. The second-order valence-corrected chi connectivity index (χ2v) is 9.50. The fraction of sp³-hybridized carbons (Fsp3) is 0.394. The van der Waals surface area contributed by atoms with E-state index in [9.17, 15) is 9.59 Å². The molecule has 6 heteroatoms. The number of ether oxygens (including phenoxy) is 2. The molecule has 0 unspecified atom stereocenters. The normalized spacial score (nSPS) is 11.5. The second-order valence-electron chi connectivity index (χ2n) is 9.50. The topological polar surface area (TPSA) is 67.9 Å². The van der Waals surface area contributed by atoms with Crippen LogP contribution in [0.15, 0.2) is 78.9 Å². The minimum atomic E-state index is -0.615. The van der Waals surface area contributed by atoms with E-state index in [1.165, 1.54) is 0 Å². The smallest absolute Gasteiger partial charge is 0.243 e. The van der Waals surface area contributed by atoms with Gasteiger partial charge in [-0.3, -0.25) is 9.59 Å². The van der Waals surface area contributed by atoms with Crippen LogP contribution in [0.1, 0.15) is 56.7 Å². The highest BCUT2D eigenvalue weighted by atomic mass is 16.5. The Bertz CT molecular complexity index is 1150. The van der Waals surface area contributed by atoms with Crippen LogP contribution in [0.5, 0.6) is 11.5 Å². The highest BCUT2D eigenvalue weighted by Crippen LogP contribution is 2.29. The molecular weight excluding hydrogens is 488 g/mol. The predicted molar refractivity (Wildman–Crippen MR) is 156 cm³/mol. The number of rotatable bonds is 16. The summed E-state index contributed by atoms with van der Waals surface area (Å²) in [5, 5.41) is 3.08. The van der Waals surface area contributed by atoms with E-state index in [-0.39, 0.29) is 18.2 Å². The minimum Gasteiger partial charge on any atom is -0.490 e. The Kier molecular flexibility index (Phi) is 12.4. The molecule has 39 heavy (non-hydrogen) atoms. The van der Waals surface area contributed by atoms with Crippen LogP contribution in [0.2, 0.25) is 0 Å². The molecule has 0 saturated carbocycles. The van der Waals surface area contributed by atoms with Gasteiger partial charge >= 0.3 is 0 Å². The molecule has 0 aliphatic rings. The highest BCUT2D eigenvalue weighted by Gasteiger charge is 2.30.